The number of nitro groups is 1. The van der Waals surface area contributed by atoms with E-state index in [0.717, 1.165) is 0 Å². The zero-order valence-corrected chi connectivity index (χ0v) is 16.0. The molecule has 0 aliphatic heterocycles. The Labute approximate surface area is 157 Å². The predicted octanol–water partition coefficient (Wildman–Crippen LogP) is 3.23. The second-order valence-electron chi connectivity index (χ2n) is 6.12. The fourth-order valence-electron chi connectivity index (χ4n) is 2.35. The molecule has 0 unspecified atom stereocenters. The standard InChI is InChI=1S/C18H21N3O5S/c1-4-12(2)20-27(25,26)15-10-8-14(9-11-15)18(22)19-16-6-5-7-17(13(16)3)21(23)24/h5-12,20H,4H2,1-3H3,(H,19,22)/t12-/m0/s1. The van der Waals surface area contributed by atoms with Gasteiger partial charge in [-0.15, -0.1) is 0 Å². The number of nitrogens with one attached hydrogen (secondary N) is 2. The van der Waals surface area contributed by atoms with Crippen molar-refractivity contribution in [3.05, 3.63) is 63.7 Å². The van der Waals surface area contributed by atoms with Crippen LogP contribution in [0.25, 0.3) is 0 Å². The largest absolute Gasteiger partial charge is 0.321 e. The molecule has 27 heavy (non-hydrogen) atoms. The van der Waals surface area contributed by atoms with Crippen LogP contribution in [0.3, 0.4) is 0 Å². The SMILES string of the molecule is CC[C@H](C)NS(=O)(=O)c1ccc(C(=O)Nc2cccc([N+](=O)[O-])c2C)cc1. The third kappa shape index (κ3) is 4.89. The quantitative estimate of drug-likeness (QED) is 0.555. The van der Waals surface area contributed by atoms with Gasteiger partial charge in [0.2, 0.25) is 10.0 Å². The highest BCUT2D eigenvalue weighted by Gasteiger charge is 2.18. The van der Waals surface area contributed by atoms with Crippen molar-refractivity contribution in [1.29, 1.82) is 0 Å². The number of sulfonamides is 1. The van der Waals surface area contributed by atoms with Crippen LogP contribution in [0.1, 0.15) is 36.2 Å². The Morgan fingerprint density at radius 3 is 2.37 bits per heavy atom. The molecule has 1 amide bonds. The van der Waals surface area contributed by atoms with E-state index >= 15 is 0 Å². The van der Waals surface area contributed by atoms with Crippen LogP contribution in [0, 0.1) is 17.0 Å². The van der Waals surface area contributed by atoms with Gasteiger partial charge < -0.3 is 5.32 Å². The van der Waals surface area contributed by atoms with Crippen LogP contribution in [0.4, 0.5) is 11.4 Å². The number of benzene rings is 2. The number of hydrogen-bond donors (Lipinski definition) is 2. The summed E-state index contributed by atoms with van der Waals surface area (Å²) in [4.78, 5) is 22.9. The van der Waals surface area contributed by atoms with Crippen molar-refractivity contribution >= 4 is 27.3 Å². The number of carbonyl (C=O) groups is 1. The van der Waals surface area contributed by atoms with Crippen molar-refractivity contribution < 1.29 is 18.1 Å². The van der Waals surface area contributed by atoms with Crippen LogP contribution < -0.4 is 10.0 Å². The molecule has 144 valence electrons. The number of carbonyl (C=O) groups excluding carboxylic acids is 1. The average Bonchev–Trinajstić information content (AvgIpc) is 2.62. The van der Waals surface area contributed by atoms with Gasteiger partial charge in [-0.05, 0) is 50.6 Å². The molecule has 0 spiro atoms. The van der Waals surface area contributed by atoms with Crippen molar-refractivity contribution in [2.24, 2.45) is 0 Å². The first kappa shape index (κ1) is 20.5. The Kier molecular flexibility index (Phi) is 6.29. The second kappa shape index (κ2) is 8.28. The maximum Gasteiger partial charge on any atom is 0.274 e. The van der Waals surface area contributed by atoms with Gasteiger partial charge in [-0.1, -0.05) is 13.0 Å². The molecule has 0 aliphatic rings. The minimum atomic E-state index is -3.65. The summed E-state index contributed by atoms with van der Waals surface area (Å²) in [5.74, 6) is -0.488. The first-order valence-electron chi connectivity index (χ1n) is 8.33. The molecule has 0 fully saturated rings. The molecule has 0 heterocycles. The van der Waals surface area contributed by atoms with E-state index in [-0.39, 0.29) is 22.2 Å². The lowest BCUT2D eigenvalue weighted by molar-refractivity contribution is -0.385. The van der Waals surface area contributed by atoms with Crippen LogP contribution in [-0.2, 0) is 10.0 Å². The summed E-state index contributed by atoms with van der Waals surface area (Å²) >= 11 is 0. The third-order valence-electron chi connectivity index (χ3n) is 4.15. The van der Waals surface area contributed by atoms with E-state index in [1.165, 1.54) is 36.4 Å². The molecular formula is C18H21N3O5S. The van der Waals surface area contributed by atoms with Crippen LogP contribution in [0.15, 0.2) is 47.4 Å². The Bertz CT molecular complexity index is 955. The van der Waals surface area contributed by atoms with Crippen molar-refractivity contribution in [2.45, 2.75) is 38.1 Å². The zero-order chi connectivity index (χ0) is 20.2. The highest BCUT2D eigenvalue weighted by Crippen LogP contribution is 2.25. The maximum absolute atomic E-state index is 12.4. The topological polar surface area (TPSA) is 118 Å². The molecule has 0 saturated heterocycles. The molecule has 0 saturated carbocycles. The first-order valence-corrected chi connectivity index (χ1v) is 9.81. The smallest absolute Gasteiger partial charge is 0.274 e. The van der Waals surface area contributed by atoms with Gasteiger partial charge in [0.1, 0.15) is 0 Å². The van der Waals surface area contributed by atoms with E-state index in [1.807, 2.05) is 6.92 Å². The van der Waals surface area contributed by atoms with Gasteiger partial charge in [0.05, 0.1) is 21.1 Å². The van der Waals surface area contributed by atoms with E-state index in [4.69, 9.17) is 0 Å². The lowest BCUT2D eigenvalue weighted by Gasteiger charge is -2.12. The zero-order valence-electron chi connectivity index (χ0n) is 15.2. The molecule has 8 nitrogen and oxygen atoms in total. The Morgan fingerprint density at radius 1 is 1.19 bits per heavy atom. The van der Waals surface area contributed by atoms with Gasteiger partial charge in [0.25, 0.3) is 11.6 Å². The van der Waals surface area contributed by atoms with Crippen LogP contribution in [0.2, 0.25) is 0 Å². The second-order valence-corrected chi connectivity index (χ2v) is 7.83. The molecule has 9 heteroatoms. The molecule has 1 atom stereocenters. The fraction of sp³-hybridized carbons (Fsp3) is 0.278. The van der Waals surface area contributed by atoms with Gasteiger partial charge in [-0.2, -0.15) is 0 Å². The van der Waals surface area contributed by atoms with Crippen molar-refractivity contribution in [1.82, 2.24) is 4.72 Å². The van der Waals surface area contributed by atoms with Crippen LogP contribution in [-0.4, -0.2) is 25.3 Å². The van der Waals surface area contributed by atoms with Crippen LogP contribution >= 0.6 is 0 Å². The van der Waals surface area contributed by atoms with Gasteiger partial charge in [-0.3, -0.25) is 14.9 Å². The lowest BCUT2D eigenvalue weighted by atomic mass is 10.1. The molecule has 0 radical (unpaired) electrons. The Morgan fingerprint density at radius 2 is 1.81 bits per heavy atom. The predicted molar refractivity (Wildman–Crippen MR) is 102 cm³/mol. The lowest BCUT2D eigenvalue weighted by Crippen LogP contribution is -2.32. The van der Waals surface area contributed by atoms with Gasteiger partial charge in [0.15, 0.2) is 0 Å². The summed E-state index contributed by atoms with van der Waals surface area (Å²) in [7, 11) is -3.65. The molecule has 2 aromatic carbocycles. The summed E-state index contributed by atoms with van der Waals surface area (Å²) in [6.07, 6.45) is 0.655. The molecule has 0 aromatic heterocycles. The number of rotatable bonds is 7. The van der Waals surface area contributed by atoms with Crippen LogP contribution in [0.5, 0.6) is 0 Å². The summed E-state index contributed by atoms with van der Waals surface area (Å²) in [6, 6.07) is 9.69. The minimum Gasteiger partial charge on any atom is -0.321 e. The molecule has 0 aliphatic carbocycles. The third-order valence-corrected chi connectivity index (χ3v) is 5.75. The Balaban J connectivity index is 2.20. The molecule has 2 N–H and O–H groups in total. The summed E-state index contributed by atoms with van der Waals surface area (Å²) in [6.45, 7) is 5.18. The van der Waals surface area contributed by atoms with Crippen molar-refractivity contribution in [2.75, 3.05) is 5.32 Å². The van der Waals surface area contributed by atoms with E-state index in [2.05, 4.69) is 10.0 Å². The monoisotopic (exact) mass is 391 g/mol. The first-order chi connectivity index (χ1) is 12.7. The van der Waals surface area contributed by atoms with E-state index in [0.29, 0.717) is 17.7 Å². The van der Waals surface area contributed by atoms with Crippen molar-refractivity contribution in [3.8, 4) is 0 Å². The average molecular weight is 391 g/mol. The number of nitrogens with zero attached hydrogens (tertiary/aromatic N) is 1. The normalized spacial score (nSPS) is 12.4. The highest BCUT2D eigenvalue weighted by atomic mass is 32.2. The maximum atomic E-state index is 12.4. The number of anilines is 1. The number of hydrogen-bond acceptors (Lipinski definition) is 5. The highest BCUT2D eigenvalue weighted by molar-refractivity contribution is 7.89. The molecular weight excluding hydrogens is 370 g/mol. The van der Waals surface area contributed by atoms with Gasteiger partial charge >= 0.3 is 0 Å². The van der Waals surface area contributed by atoms with Gasteiger partial charge in [-0.25, -0.2) is 13.1 Å². The number of nitro benzene ring substituents is 1. The summed E-state index contributed by atoms with van der Waals surface area (Å²) in [5.41, 5.74) is 0.811. The van der Waals surface area contributed by atoms with E-state index in [9.17, 15) is 23.3 Å². The number of amides is 1. The van der Waals surface area contributed by atoms with Gasteiger partial charge in [0, 0.05) is 17.7 Å². The Hall–Kier alpha value is -2.78. The molecule has 2 rings (SSSR count). The molecule has 2 aromatic rings. The summed E-state index contributed by atoms with van der Waals surface area (Å²) in [5, 5.41) is 13.6. The van der Waals surface area contributed by atoms with Crippen molar-refractivity contribution in [3.63, 3.8) is 0 Å². The summed E-state index contributed by atoms with van der Waals surface area (Å²) < 4.78 is 27.0. The fourth-order valence-corrected chi connectivity index (χ4v) is 3.68. The minimum absolute atomic E-state index is 0.0610. The van der Waals surface area contributed by atoms with E-state index < -0.39 is 20.9 Å². The molecule has 0 bridgehead atoms. The van der Waals surface area contributed by atoms with E-state index in [1.54, 1.807) is 19.9 Å².